The number of halogens is 1. The van der Waals surface area contributed by atoms with Gasteiger partial charge in [0.1, 0.15) is 28.8 Å². The fraction of sp³-hybridized carbons (Fsp3) is 0.360. The summed E-state index contributed by atoms with van der Waals surface area (Å²) < 4.78 is 39.2. The van der Waals surface area contributed by atoms with Crippen molar-refractivity contribution in [2.75, 3.05) is 51.0 Å². The van der Waals surface area contributed by atoms with Gasteiger partial charge in [-0.2, -0.15) is 4.98 Å². The first-order valence-corrected chi connectivity index (χ1v) is 14.4. The van der Waals surface area contributed by atoms with Crippen LogP contribution in [0.4, 0.5) is 23.1 Å². The van der Waals surface area contributed by atoms with Crippen molar-refractivity contribution in [1.29, 1.82) is 0 Å². The number of piperidine rings is 1. The Labute approximate surface area is 230 Å². The number of nitrogens with one attached hydrogen (secondary N) is 3. The van der Waals surface area contributed by atoms with Crippen molar-refractivity contribution in [1.82, 2.24) is 19.6 Å². The number of aliphatic hydroxyl groups is 1. The second kappa shape index (κ2) is 12.7. The van der Waals surface area contributed by atoms with Gasteiger partial charge in [-0.1, -0.05) is 12.1 Å². The van der Waals surface area contributed by atoms with Crippen molar-refractivity contribution < 1.29 is 23.0 Å². The van der Waals surface area contributed by atoms with Gasteiger partial charge >= 0.3 is 0 Å². The van der Waals surface area contributed by atoms with Gasteiger partial charge in [0.05, 0.1) is 29.1 Å². The number of sulfonamides is 1. The quantitative estimate of drug-likeness (QED) is 0.256. The average Bonchev–Trinajstić information content (AvgIpc) is 2.92. The van der Waals surface area contributed by atoms with E-state index in [0.29, 0.717) is 39.8 Å². The average molecular weight is 608 g/mol. The normalized spacial score (nSPS) is 14.7. The van der Waals surface area contributed by atoms with Crippen LogP contribution >= 0.6 is 15.9 Å². The van der Waals surface area contributed by atoms with Crippen molar-refractivity contribution >= 4 is 49.1 Å². The monoisotopic (exact) mass is 606 g/mol. The standard InChI is InChI=1S/C25H31BrN6O5S/c1-27-38(34,35)23-6-4-3-5-20(23)29-24-19(26)16-28-25(31-24)30-21-15-18(7-8-22(21)36-2)37-14-13-32-11-9-17(33)10-12-32/h3-8,15-17,27,33H,9-14H2,1-2H3,(H2,28,29,30,31). The summed E-state index contributed by atoms with van der Waals surface area (Å²) in [5.41, 5.74) is 0.973. The number of hydrogen-bond acceptors (Lipinski definition) is 10. The largest absolute Gasteiger partial charge is 0.495 e. The van der Waals surface area contributed by atoms with Gasteiger partial charge in [-0.05, 0) is 60.1 Å². The van der Waals surface area contributed by atoms with Crippen LogP contribution in [-0.4, -0.2) is 74.9 Å². The number of benzene rings is 2. The summed E-state index contributed by atoms with van der Waals surface area (Å²) >= 11 is 3.43. The van der Waals surface area contributed by atoms with Crippen molar-refractivity contribution in [2.24, 2.45) is 0 Å². The summed E-state index contributed by atoms with van der Waals surface area (Å²) in [6.07, 6.45) is 2.94. The molecule has 1 aliphatic rings. The van der Waals surface area contributed by atoms with E-state index in [1.807, 2.05) is 12.1 Å². The Morgan fingerprint density at radius 2 is 1.89 bits per heavy atom. The van der Waals surface area contributed by atoms with Crippen LogP contribution < -0.4 is 24.8 Å². The zero-order valence-electron chi connectivity index (χ0n) is 21.1. The fourth-order valence-electron chi connectivity index (χ4n) is 3.99. The SMILES string of the molecule is CNS(=O)(=O)c1ccccc1Nc1nc(Nc2cc(OCCN3CCC(O)CC3)ccc2OC)ncc1Br. The molecule has 4 N–H and O–H groups in total. The number of ether oxygens (including phenoxy) is 2. The number of likely N-dealkylation sites (tertiary alicyclic amines) is 1. The van der Waals surface area contributed by atoms with Crippen molar-refractivity contribution in [2.45, 2.75) is 23.8 Å². The van der Waals surface area contributed by atoms with Crippen molar-refractivity contribution in [3.8, 4) is 11.5 Å². The Kier molecular flexibility index (Phi) is 9.39. The molecule has 38 heavy (non-hydrogen) atoms. The van der Waals surface area contributed by atoms with Crippen LogP contribution in [-0.2, 0) is 10.0 Å². The molecule has 2 aromatic carbocycles. The van der Waals surface area contributed by atoms with Gasteiger partial charge in [-0.3, -0.25) is 4.90 Å². The molecule has 1 aromatic heterocycles. The molecular formula is C25H31BrN6O5S. The third-order valence-corrected chi connectivity index (χ3v) is 8.15. The van der Waals surface area contributed by atoms with Gasteiger partial charge < -0.3 is 25.2 Å². The topological polar surface area (TPSA) is 138 Å². The molecule has 1 saturated heterocycles. The Morgan fingerprint density at radius 3 is 2.63 bits per heavy atom. The molecule has 1 aliphatic heterocycles. The van der Waals surface area contributed by atoms with Crippen LogP contribution in [0.3, 0.4) is 0 Å². The molecule has 0 unspecified atom stereocenters. The van der Waals surface area contributed by atoms with Gasteiger partial charge in [0.15, 0.2) is 0 Å². The first-order valence-electron chi connectivity index (χ1n) is 12.1. The smallest absolute Gasteiger partial charge is 0.242 e. The maximum atomic E-state index is 12.4. The minimum atomic E-state index is -3.68. The van der Waals surface area contributed by atoms with Gasteiger partial charge in [-0.15, -0.1) is 0 Å². The molecule has 0 atom stereocenters. The molecule has 1 fully saturated rings. The Bertz CT molecular complexity index is 1350. The van der Waals surface area contributed by atoms with Crippen LogP contribution in [0.2, 0.25) is 0 Å². The van der Waals surface area contributed by atoms with Crippen LogP contribution in [0.5, 0.6) is 11.5 Å². The third kappa shape index (κ3) is 7.11. The highest BCUT2D eigenvalue weighted by Gasteiger charge is 2.19. The predicted octanol–water partition coefficient (Wildman–Crippen LogP) is 3.48. The Hall–Kier alpha value is -2.97. The lowest BCUT2D eigenvalue weighted by Gasteiger charge is -2.29. The Balaban J connectivity index is 1.48. The highest BCUT2D eigenvalue weighted by molar-refractivity contribution is 9.10. The summed E-state index contributed by atoms with van der Waals surface area (Å²) in [6, 6.07) is 12.0. The second-order valence-electron chi connectivity index (χ2n) is 8.63. The van der Waals surface area contributed by atoms with Crippen molar-refractivity contribution in [3.05, 3.63) is 53.1 Å². The van der Waals surface area contributed by atoms with Crippen LogP contribution in [0.15, 0.2) is 58.0 Å². The molecule has 13 heteroatoms. The van der Waals surface area contributed by atoms with Gasteiger partial charge in [0.25, 0.3) is 0 Å². The molecule has 0 radical (unpaired) electrons. The minimum Gasteiger partial charge on any atom is -0.495 e. The van der Waals surface area contributed by atoms with Gasteiger partial charge in [-0.25, -0.2) is 18.1 Å². The lowest BCUT2D eigenvalue weighted by atomic mass is 10.1. The van der Waals surface area contributed by atoms with Crippen LogP contribution in [0.25, 0.3) is 0 Å². The molecule has 3 aromatic rings. The summed E-state index contributed by atoms with van der Waals surface area (Å²) in [6.45, 7) is 3.02. The zero-order valence-corrected chi connectivity index (χ0v) is 23.5. The molecule has 4 rings (SSSR count). The molecule has 204 valence electrons. The van der Waals surface area contributed by atoms with E-state index in [0.717, 1.165) is 32.5 Å². The van der Waals surface area contributed by atoms with Gasteiger partial charge in [0, 0.05) is 31.9 Å². The van der Waals surface area contributed by atoms with Crippen molar-refractivity contribution in [3.63, 3.8) is 0 Å². The maximum Gasteiger partial charge on any atom is 0.242 e. The fourth-order valence-corrected chi connectivity index (χ4v) is 5.16. The molecule has 0 bridgehead atoms. The van der Waals surface area contributed by atoms with Crippen LogP contribution in [0.1, 0.15) is 12.8 Å². The first-order chi connectivity index (χ1) is 18.3. The summed E-state index contributed by atoms with van der Waals surface area (Å²) in [5, 5.41) is 15.9. The summed E-state index contributed by atoms with van der Waals surface area (Å²) in [7, 11) is -0.753. The maximum absolute atomic E-state index is 12.4. The molecule has 11 nitrogen and oxygen atoms in total. The lowest BCUT2D eigenvalue weighted by molar-refractivity contribution is 0.0755. The number of aromatic nitrogens is 2. The molecule has 0 saturated carbocycles. The van der Waals surface area contributed by atoms with E-state index in [2.05, 4.69) is 46.2 Å². The van der Waals surface area contributed by atoms with E-state index < -0.39 is 10.0 Å². The van der Waals surface area contributed by atoms with E-state index in [9.17, 15) is 13.5 Å². The number of para-hydroxylation sites is 1. The first kappa shape index (κ1) is 28.0. The summed E-state index contributed by atoms with van der Waals surface area (Å²) in [4.78, 5) is 11.2. The van der Waals surface area contributed by atoms with Gasteiger partial charge in [0.2, 0.25) is 16.0 Å². The van der Waals surface area contributed by atoms with E-state index in [4.69, 9.17) is 9.47 Å². The highest BCUT2D eigenvalue weighted by Crippen LogP contribution is 2.33. The number of aliphatic hydroxyl groups excluding tert-OH is 1. The summed E-state index contributed by atoms with van der Waals surface area (Å²) in [5.74, 6) is 1.88. The lowest BCUT2D eigenvalue weighted by Crippen LogP contribution is -2.38. The predicted molar refractivity (Wildman–Crippen MR) is 149 cm³/mol. The van der Waals surface area contributed by atoms with E-state index in [1.165, 1.54) is 13.1 Å². The highest BCUT2D eigenvalue weighted by atomic mass is 79.9. The third-order valence-electron chi connectivity index (χ3n) is 6.09. The number of methoxy groups -OCH3 is 1. The molecule has 0 amide bonds. The molecule has 0 spiro atoms. The minimum absolute atomic E-state index is 0.0924. The second-order valence-corrected chi connectivity index (χ2v) is 11.3. The van der Waals surface area contributed by atoms with E-state index >= 15 is 0 Å². The number of nitrogens with zero attached hydrogens (tertiary/aromatic N) is 3. The number of anilines is 4. The van der Waals surface area contributed by atoms with E-state index in [1.54, 1.807) is 37.6 Å². The number of hydrogen-bond donors (Lipinski definition) is 4. The number of rotatable bonds is 11. The zero-order chi connectivity index (χ0) is 27.1. The Morgan fingerprint density at radius 1 is 1.13 bits per heavy atom. The van der Waals surface area contributed by atoms with E-state index in [-0.39, 0.29) is 16.9 Å². The van der Waals surface area contributed by atoms with Crippen LogP contribution in [0, 0.1) is 0 Å². The molecule has 2 heterocycles. The molecule has 0 aliphatic carbocycles. The molecular weight excluding hydrogens is 576 g/mol.